The molecule has 0 aromatic carbocycles. The van der Waals surface area contributed by atoms with Crippen molar-refractivity contribution < 1.29 is 4.79 Å². The number of Topliss-reactive ketones (excluding diaryl/α,β-unsaturated/α-hetero) is 1. The molecule has 0 amide bonds. The number of thiophene rings is 1. The molecule has 0 fully saturated rings. The Bertz CT molecular complexity index is 281. The number of halogens is 1. The molecule has 0 atom stereocenters. The number of carbonyl (C=O) groups excluding carboxylic acids is 1. The van der Waals surface area contributed by atoms with Crippen LogP contribution in [0.1, 0.15) is 9.67 Å². The maximum atomic E-state index is 11.2. The van der Waals surface area contributed by atoms with Gasteiger partial charge in [-0.15, -0.1) is 11.3 Å². The Labute approximate surface area is 76.0 Å². The van der Waals surface area contributed by atoms with Crippen LogP contribution in [0.3, 0.4) is 0 Å². The Balaban J connectivity index is 2.87. The first kappa shape index (κ1) is 8.42. The van der Waals surface area contributed by atoms with Gasteiger partial charge in [0.05, 0.1) is 4.88 Å². The molecule has 0 aliphatic carbocycles. The first-order chi connectivity index (χ1) is 5.25. The molecule has 58 valence electrons. The van der Waals surface area contributed by atoms with Crippen LogP contribution in [0.4, 0.5) is 0 Å². The smallest absolute Gasteiger partial charge is 0.230 e. The zero-order chi connectivity index (χ0) is 8.27. The quantitative estimate of drug-likeness (QED) is 0.365. The van der Waals surface area contributed by atoms with E-state index >= 15 is 0 Å². The van der Waals surface area contributed by atoms with Gasteiger partial charge in [-0.05, 0) is 27.4 Å². The highest BCUT2D eigenvalue weighted by molar-refractivity contribution is 9.19. The fourth-order valence-corrected chi connectivity index (χ4v) is 1.58. The van der Waals surface area contributed by atoms with E-state index in [0.717, 1.165) is 0 Å². The lowest BCUT2D eigenvalue weighted by atomic mass is 10.3. The zero-order valence-corrected chi connectivity index (χ0v) is 7.85. The second kappa shape index (κ2) is 3.64. The number of hydrazone groups is 1. The van der Waals surface area contributed by atoms with Crippen LogP contribution in [0.2, 0.25) is 0 Å². The highest BCUT2D eigenvalue weighted by Gasteiger charge is 2.10. The summed E-state index contributed by atoms with van der Waals surface area (Å²) in [6.07, 6.45) is 0. The van der Waals surface area contributed by atoms with Crippen molar-refractivity contribution in [2.45, 2.75) is 0 Å². The van der Waals surface area contributed by atoms with Crippen LogP contribution in [0.15, 0.2) is 22.6 Å². The van der Waals surface area contributed by atoms with Gasteiger partial charge in [0.2, 0.25) is 5.78 Å². The third-order valence-corrected chi connectivity index (χ3v) is 2.48. The molecule has 3 nitrogen and oxygen atoms in total. The molecule has 0 aliphatic heterocycles. The monoisotopic (exact) mass is 232 g/mol. The van der Waals surface area contributed by atoms with Crippen LogP contribution in [0.25, 0.3) is 0 Å². The predicted molar refractivity (Wildman–Crippen MR) is 49.2 cm³/mol. The van der Waals surface area contributed by atoms with E-state index in [1.807, 2.05) is 5.38 Å². The molecule has 1 rings (SSSR count). The lowest BCUT2D eigenvalue weighted by Gasteiger charge is -1.90. The standard InChI is InChI=1S/C6H5BrN2OS/c7-6(9-8)5(10)4-2-1-3-11-4/h1-3H,8H2/b9-6-. The second-order valence-corrected chi connectivity index (χ2v) is 3.43. The molecular formula is C6H5BrN2OS. The Morgan fingerprint density at radius 1 is 1.73 bits per heavy atom. The van der Waals surface area contributed by atoms with E-state index in [-0.39, 0.29) is 10.4 Å². The lowest BCUT2D eigenvalue weighted by molar-refractivity contribution is 0.107. The second-order valence-electron chi connectivity index (χ2n) is 1.73. The lowest BCUT2D eigenvalue weighted by Crippen LogP contribution is -2.07. The molecule has 0 saturated heterocycles. The van der Waals surface area contributed by atoms with Gasteiger partial charge in [-0.3, -0.25) is 4.79 Å². The normalized spacial score (nSPS) is 11.5. The maximum absolute atomic E-state index is 11.2. The van der Waals surface area contributed by atoms with Crippen LogP contribution < -0.4 is 5.84 Å². The minimum absolute atomic E-state index is 0.153. The SMILES string of the molecule is N/N=C(\Br)C(=O)c1cccs1. The molecule has 0 saturated carbocycles. The average Bonchev–Trinajstić information content (AvgIpc) is 2.53. The summed E-state index contributed by atoms with van der Waals surface area (Å²) in [5.41, 5.74) is 0. The van der Waals surface area contributed by atoms with Gasteiger partial charge < -0.3 is 5.84 Å². The van der Waals surface area contributed by atoms with Crippen molar-refractivity contribution in [3.05, 3.63) is 22.4 Å². The minimum atomic E-state index is -0.178. The van der Waals surface area contributed by atoms with Crippen molar-refractivity contribution in [1.29, 1.82) is 0 Å². The van der Waals surface area contributed by atoms with E-state index in [2.05, 4.69) is 21.0 Å². The number of ketones is 1. The summed E-state index contributed by atoms with van der Waals surface area (Å²) < 4.78 is 0.153. The molecule has 0 spiro atoms. The number of nitrogens with two attached hydrogens (primary N) is 1. The highest BCUT2D eigenvalue weighted by atomic mass is 79.9. The molecule has 1 aromatic heterocycles. The molecule has 1 heterocycles. The van der Waals surface area contributed by atoms with Crippen LogP contribution in [-0.2, 0) is 0 Å². The number of rotatable bonds is 2. The molecule has 0 bridgehead atoms. The summed E-state index contributed by atoms with van der Waals surface area (Å²) >= 11 is 4.30. The van der Waals surface area contributed by atoms with Crippen molar-refractivity contribution in [1.82, 2.24) is 0 Å². The fourth-order valence-electron chi connectivity index (χ4n) is 0.568. The molecular weight excluding hydrogens is 228 g/mol. The number of carbonyl (C=O) groups is 1. The molecule has 2 N–H and O–H groups in total. The van der Waals surface area contributed by atoms with E-state index < -0.39 is 0 Å². The van der Waals surface area contributed by atoms with Crippen molar-refractivity contribution >= 4 is 37.7 Å². The Morgan fingerprint density at radius 2 is 2.45 bits per heavy atom. The van der Waals surface area contributed by atoms with Crippen LogP contribution >= 0.6 is 27.3 Å². The van der Waals surface area contributed by atoms with Crippen LogP contribution in [-0.4, -0.2) is 10.4 Å². The van der Waals surface area contributed by atoms with Crippen molar-refractivity contribution in [3.63, 3.8) is 0 Å². The van der Waals surface area contributed by atoms with Crippen molar-refractivity contribution in [2.75, 3.05) is 0 Å². The third-order valence-electron chi connectivity index (χ3n) is 1.05. The summed E-state index contributed by atoms with van der Waals surface area (Å²) in [6, 6.07) is 3.52. The number of hydrogen-bond donors (Lipinski definition) is 1. The summed E-state index contributed by atoms with van der Waals surface area (Å²) in [4.78, 5) is 11.8. The molecule has 11 heavy (non-hydrogen) atoms. The topological polar surface area (TPSA) is 55.4 Å². The van der Waals surface area contributed by atoms with E-state index in [9.17, 15) is 4.79 Å². The van der Waals surface area contributed by atoms with Gasteiger partial charge >= 0.3 is 0 Å². The summed E-state index contributed by atoms with van der Waals surface area (Å²) in [7, 11) is 0. The Morgan fingerprint density at radius 3 is 2.91 bits per heavy atom. The highest BCUT2D eigenvalue weighted by Crippen LogP contribution is 2.11. The summed E-state index contributed by atoms with van der Waals surface area (Å²) in [5, 5.41) is 5.06. The molecule has 0 radical (unpaired) electrons. The predicted octanol–water partition coefficient (Wildman–Crippen LogP) is 1.60. The Kier molecular flexibility index (Phi) is 2.78. The molecule has 1 aromatic rings. The van der Waals surface area contributed by atoms with E-state index in [0.29, 0.717) is 4.88 Å². The fraction of sp³-hybridized carbons (Fsp3) is 0. The van der Waals surface area contributed by atoms with Crippen LogP contribution in [0.5, 0.6) is 0 Å². The van der Waals surface area contributed by atoms with Gasteiger partial charge in [-0.25, -0.2) is 0 Å². The van der Waals surface area contributed by atoms with Gasteiger partial charge in [0.15, 0.2) is 4.62 Å². The first-order valence-corrected chi connectivity index (χ1v) is 4.44. The van der Waals surface area contributed by atoms with E-state index in [1.54, 1.807) is 12.1 Å². The van der Waals surface area contributed by atoms with Crippen LogP contribution in [0, 0.1) is 0 Å². The Hall–Kier alpha value is -0.680. The van der Waals surface area contributed by atoms with E-state index in [4.69, 9.17) is 5.84 Å². The summed E-state index contributed by atoms with van der Waals surface area (Å²) in [6.45, 7) is 0. The van der Waals surface area contributed by atoms with Gasteiger partial charge in [-0.2, -0.15) is 5.10 Å². The van der Waals surface area contributed by atoms with Gasteiger partial charge in [-0.1, -0.05) is 6.07 Å². The first-order valence-electron chi connectivity index (χ1n) is 2.77. The minimum Gasteiger partial charge on any atom is -0.322 e. The number of hydrogen-bond acceptors (Lipinski definition) is 4. The average molecular weight is 233 g/mol. The van der Waals surface area contributed by atoms with Gasteiger partial charge in [0.25, 0.3) is 0 Å². The van der Waals surface area contributed by atoms with E-state index in [1.165, 1.54) is 11.3 Å². The summed E-state index contributed by atoms with van der Waals surface area (Å²) in [5.74, 6) is 4.73. The van der Waals surface area contributed by atoms with Crippen molar-refractivity contribution in [2.24, 2.45) is 10.9 Å². The molecule has 5 heteroatoms. The zero-order valence-electron chi connectivity index (χ0n) is 5.45. The largest absolute Gasteiger partial charge is 0.322 e. The number of nitrogens with zero attached hydrogens (tertiary/aromatic N) is 1. The van der Waals surface area contributed by atoms with Crippen molar-refractivity contribution in [3.8, 4) is 0 Å². The molecule has 0 aliphatic rings. The van der Waals surface area contributed by atoms with Gasteiger partial charge in [0, 0.05) is 0 Å². The third kappa shape index (κ3) is 1.87. The maximum Gasteiger partial charge on any atom is 0.230 e. The molecule has 0 unspecified atom stereocenters. The van der Waals surface area contributed by atoms with Gasteiger partial charge in [0.1, 0.15) is 0 Å².